The summed E-state index contributed by atoms with van der Waals surface area (Å²) in [6.07, 6.45) is 1.58. The molecule has 0 aliphatic carbocycles. The van der Waals surface area contributed by atoms with Gasteiger partial charge in [0.25, 0.3) is 0 Å². The molecule has 1 fully saturated rings. The first kappa shape index (κ1) is 14.9. The van der Waals surface area contributed by atoms with Crippen LogP contribution >= 0.6 is 28.1 Å². The predicted octanol–water partition coefficient (Wildman–Crippen LogP) is 2.55. The molecule has 1 aliphatic heterocycles. The Morgan fingerprint density at radius 1 is 1.47 bits per heavy atom. The van der Waals surface area contributed by atoms with E-state index in [0.29, 0.717) is 22.8 Å². The second-order valence-electron chi connectivity index (χ2n) is 4.42. The summed E-state index contributed by atoms with van der Waals surface area (Å²) in [5, 5.41) is 3.15. The van der Waals surface area contributed by atoms with Gasteiger partial charge >= 0.3 is 0 Å². The van der Waals surface area contributed by atoms with E-state index in [0.717, 1.165) is 12.8 Å². The van der Waals surface area contributed by atoms with E-state index in [1.165, 1.54) is 0 Å². The number of anilines is 1. The Kier molecular flexibility index (Phi) is 4.92. The Balaban J connectivity index is 2.15. The molecular formula is C12H14BrFN2OS2. The van der Waals surface area contributed by atoms with Crippen LogP contribution in [-0.2, 0) is 10.8 Å². The number of rotatable bonds is 3. The molecule has 1 saturated heterocycles. The molecule has 104 valence electrons. The fourth-order valence-electron chi connectivity index (χ4n) is 2.01. The molecular weight excluding hydrogens is 351 g/mol. The average molecular weight is 365 g/mol. The van der Waals surface area contributed by atoms with Gasteiger partial charge in [-0.3, -0.25) is 4.21 Å². The fraction of sp³-hybridized carbons (Fsp3) is 0.417. The highest BCUT2D eigenvalue weighted by molar-refractivity contribution is 9.10. The van der Waals surface area contributed by atoms with Gasteiger partial charge in [-0.2, -0.15) is 0 Å². The average Bonchev–Trinajstić information content (AvgIpc) is 2.37. The van der Waals surface area contributed by atoms with Crippen LogP contribution in [-0.4, -0.2) is 26.7 Å². The first-order valence-corrected chi connectivity index (χ1v) is 8.57. The minimum Gasteiger partial charge on any atom is -0.389 e. The molecule has 7 heteroatoms. The molecule has 0 atom stereocenters. The summed E-state index contributed by atoms with van der Waals surface area (Å²) in [4.78, 5) is 0.158. The van der Waals surface area contributed by atoms with Crippen LogP contribution in [0.3, 0.4) is 0 Å². The van der Waals surface area contributed by atoms with Crippen LogP contribution in [0.5, 0.6) is 0 Å². The van der Waals surface area contributed by atoms with Gasteiger partial charge in [0.05, 0.1) is 10.2 Å². The van der Waals surface area contributed by atoms with Gasteiger partial charge in [0, 0.05) is 33.9 Å². The third kappa shape index (κ3) is 3.52. The van der Waals surface area contributed by atoms with E-state index in [4.69, 9.17) is 18.0 Å². The van der Waals surface area contributed by atoms with Crippen LogP contribution < -0.4 is 11.1 Å². The molecule has 0 radical (unpaired) electrons. The minimum atomic E-state index is -0.715. The van der Waals surface area contributed by atoms with Gasteiger partial charge in [-0.25, -0.2) is 4.39 Å². The van der Waals surface area contributed by atoms with E-state index in [1.807, 2.05) is 0 Å². The molecule has 1 aliphatic rings. The van der Waals surface area contributed by atoms with E-state index in [9.17, 15) is 8.60 Å². The Morgan fingerprint density at radius 3 is 2.68 bits per heavy atom. The first-order chi connectivity index (χ1) is 8.99. The van der Waals surface area contributed by atoms with Gasteiger partial charge in [-0.05, 0) is 40.9 Å². The molecule has 19 heavy (non-hydrogen) atoms. The van der Waals surface area contributed by atoms with Gasteiger partial charge in [0.1, 0.15) is 4.99 Å². The van der Waals surface area contributed by atoms with Crippen LogP contribution in [0.25, 0.3) is 0 Å². The van der Waals surface area contributed by atoms with Crippen molar-refractivity contribution in [2.24, 2.45) is 5.73 Å². The normalized spacial score (nSPS) is 23.1. The highest BCUT2D eigenvalue weighted by Crippen LogP contribution is 2.28. The maximum absolute atomic E-state index is 14.2. The minimum absolute atomic E-state index is 0.158. The monoisotopic (exact) mass is 364 g/mol. The van der Waals surface area contributed by atoms with Crippen LogP contribution in [0.15, 0.2) is 16.6 Å². The van der Waals surface area contributed by atoms with Crippen molar-refractivity contribution in [2.45, 2.75) is 18.9 Å². The standard InChI is InChI=1S/C12H14BrFN2OS2/c13-10-8(12(15)18)1-2-9(11(10)14)16-7-3-5-19(17)6-4-7/h1-2,7,16H,3-6H2,(H2,15,18). The zero-order chi connectivity index (χ0) is 14.0. The molecule has 1 heterocycles. The third-order valence-electron chi connectivity index (χ3n) is 3.10. The van der Waals surface area contributed by atoms with Crippen molar-refractivity contribution in [3.8, 4) is 0 Å². The van der Waals surface area contributed by atoms with E-state index < -0.39 is 16.6 Å². The highest BCUT2D eigenvalue weighted by atomic mass is 79.9. The topological polar surface area (TPSA) is 55.1 Å². The van der Waals surface area contributed by atoms with Crippen molar-refractivity contribution >= 4 is 49.6 Å². The molecule has 2 rings (SSSR count). The van der Waals surface area contributed by atoms with Gasteiger partial charge < -0.3 is 11.1 Å². The van der Waals surface area contributed by atoms with E-state index in [-0.39, 0.29) is 15.5 Å². The van der Waals surface area contributed by atoms with Crippen molar-refractivity contribution in [1.29, 1.82) is 0 Å². The smallest absolute Gasteiger partial charge is 0.161 e. The largest absolute Gasteiger partial charge is 0.389 e. The Hall–Kier alpha value is -0.530. The quantitative estimate of drug-likeness (QED) is 0.809. The van der Waals surface area contributed by atoms with Crippen molar-refractivity contribution in [1.82, 2.24) is 0 Å². The van der Waals surface area contributed by atoms with E-state index in [2.05, 4.69) is 21.2 Å². The predicted molar refractivity (Wildman–Crippen MR) is 84.5 cm³/mol. The molecule has 0 amide bonds. The number of hydrogen-bond acceptors (Lipinski definition) is 3. The maximum Gasteiger partial charge on any atom is 0.161 e. The molecule has 0 aromatic heterocycles. The zero-order valence-electron chi connectivity index (χ0n) is 10.1. The number of nitrogens with one attached hydrogen (secondary N) is 1. The maximum atomic E-state index is 14.2. The second-order valence-corrected chi connectivity index (χ2v) is 7.35. The van der Waals surface area contributed by atoms with E-state index in [1.54, 1.807) is 12.1 Å². The number of nitrogens with two attached hydrogens (primary N) is 1. The lowest BCUT2D eigenvalue weighted by Crippen LogP contribution is -2.29. The van der Waals surface area contributed by atoms with Crippen LogP contribution in [0, 0.1) is 5.82 Å². The number of benzene rings is 1. The Labute approximate surface area is 127 Å². The van der Waals surface area contributed by atoms with Crippen LogP contribution in [0.2, 0.25) is 0 Å². The summed E-state index contributed by atoms with van der Waals surface area (Å²) in [6, 6.07) is 3.49. The lowest BCUT2D eigenvalue weighted by Gasteiger charge is -2.24. The lowest BCUT2D eigenvalue weighted by molar-refractivity contribution is 0.600. The van der Waals surface area contributed by atoms with Crippen LogP contribution in [0.4, 0.5) is 10.1 Å². The number of hydrogen-bond donors (Lipinski definition) is 2. The number of thiocarbonyl (C=S) groups is 1. The molecule has 0 saturated carbocycles. The van der Waals surface area contributed by atoms with E-state index >= 15 is 0 Å². The van der Waals surface area contributed by atoms with Gasteiger partial charge in [-0.1, -0.05) is 12.2 Å². The molecule has 3 N–H and O–H groups in total. The van der Waals surface area contributed by atoms with Crippen LogP contribution in [0.1, 0.15) is 18.4 Å². The van der Waals surface area contributed by atoms with Crippen molar-refractivity contribution in [3.05, 3.63) is 28.0 Å². The van der Waals surface area contributed by atoms with Crippen molar-refractivity contribution < 1.29 is 8.60 Å². The highest BCUT2D eigenvalue weighted by Gasteiger charge is 2.20. The number of halogens is 2. The third-order valence-corrected chi connectivity index (χ3v) is 5.47. The summed E-state index contributed by atoms with van der Waals surface area (Å²) in [5.74, 6) is 0.952. The summed E-state index contributed by atoms with van der Waals surface area (Å²) in [6.45, 7) is 0. The second kappa shape index (κ2) is 6.28. The summed E-state index contributed by atoms with van der Waals surface area (Å²) >= 11 is 8.03. The van der Waals surface area contributed by atoms with Gasteiger partial charge in [0.2, 0.25) is 0 Å². The SMILES string of the molecule is NC(=S)c1ccc(NC2CCS(=O)CC2)c(F)c1Br. The molecule has 0 unspecified atom stereocenters. The van der Waals surface area contributed by atoms with Crippen molar-refractivity contribution in [2.75, 3.05) is 16.8 Å². The first-order valence-electron chi connectivity index (χ1n) is 5.88. The fourth-order valence-corrected chi connectivity index (χ4v) is 4.17. The molecule has 0 spiro atoms. The molecule has 3 nitrogen and oxygen atoms in total. The Morgan fingerprint density at radius 2 is 2.11 bits per heavy atom. The van der Waals surface area contributed by atoms with Gasteiger partial charge in [0.15, 0.2) is 5.82 Å². The van der Waals surface area contributed by atoms with Crippen molar-refractivity contribution in [3.63, 3.8) is 0 Å². The summed E-state index contributed by atoms with van der Waals surface area (Å²) in [7, 11) is -0.715. The molecule has 0 bridgehead atoms. The summed E-state index contributed by atoms with van der Waals surface area (Å²) < 4.78 is 25.7. The zero-order valence-corrected chi connectivity index (χ0v) is 13.3. The van der Waals surface area contributed by atoms with Gasteiger partial charge in [-0.15, -0.1) is 0 Å². The molecule has 1 aromatic rings. The molecule has 1 aromatic carbocycles. The summed E-state index contributed by atoms with van der Waals surface area (Å²) in [5.41, 5.74) is 6.42. The Bertz CT molecular complexity index is 529. The lowest BCUT2D eigenvalue weighted by atomic mass is 10.1.